The lowest BCUT2D eigenvalue weighted by molar-refractivity contribution is 0.0755. The van der Waals surface area contributed by atoms with Gasteiger partial charge in [-0.05, 0) is 107 Å². The van der Waals surface area contributed by atoms with E-state index >= 15 is 0 Å². The topological polar surface area (TPSA) is 83.7 Å². The van der Waals surface area contributed by atoms with Gasteiger partial charge in [-0.25, -0.2) is 49.9 Å². The minimum Gasteiger partial charge on any atom is -0.402 e. The van der Waals surface area contributed by atoms with Gasteiger partial charge in [0, 0.05) is 57.5 Å². The summed E-state index contributed by atoms with van der Waals surface area (Å²) >= 11 is 0. The summed E-state index contributed by atoms with van der Waals surface area (Å²) < 4.78 is 124. The predicted octanol–water partition coefficient (Wildman–Crippen LogP) is 11.5. The van der Waals surface area contributed by atoms with E-state index in [9.17, 15) is 39.9 Å². The van der Waals surface area contributed by atoms with Crippen LogP contribution in [0.5, 0.6) is 5.88 Å². The van der Waals surface area contributed by atoms with E-state index in [0.717, 1.165) is 48.5 Å². The van der Waals surface area contributed by atoms with E-state index in [2.05, 4.69) is 15.0 Å². The van der Waals surface area contributed by atoms with Crippen LogP contribution in [0.25, 0.3) is 78.7 Å². The molecule has 3 aromatic heterocycles. The van der Waals surface area contributed by atoms with Crippen LogP contribution < -0.4 is 4.74 Å². The number of esters is 1. The van der Waals surface area contributed by atoms with Crippen LogP contribution in [0, 0.1) is 46.5 Å². The largest absolute Gasteiger partial charge is 0.402 e. The van der Waals surface area contributed by atoms with Crippen LogP contribution in [-0.4, -0.2) is 25.9 Å². The molecule has 0 aliphatic carbocycles. The van der Waals surface area contributed by atoms with Crippen molar-refractivity contribution in [3.8, 4) is 50.4 Å². The minimum absolute atomic E-state index is 0.000305. The van der Waals surface area contributed by atoms with Gasteiger partial charge in [0.25, 0.3) is 0 Å². The molecule has 0 amide bonds. The van der Waals surface area contributed by atoms with Crippen LogP contribution in [0.2, 0.25) is 0 Å². The molecule has 7 aromatic rings. The second-order valence-corrected chi connectivity index (χ2v) is 13.1. The molecule has 14 heteroatoms. The van der Waals surface area contributed by atoms with Gasteiger partial charge in [0.05, 0.1) is 22.5 Å². The second kappa shape index (κ2) is 13.4. The third-order valence-electron chi connectivity index (χ3n) is 9.25. The van der Waals surface area contributed by atoms with E-state index in [-0.39, 0.29) is 78.0 Å². The quantitative estimate of drug-likeness (QED) is 0.138. The Labute approximate surface area is 315 Å². The van der Waals surface area contributed by atoms with Gasteiger partial charge < -0.3 is 14.7 Å². The number of ether oxygens (including phenoxy) is 1. The van der Waals surface area contributed by atoms with E-state index in [4.69, 9.17) is 9.72 Å². The molecule has 8 bridgehead atoms. The number of nitrogens with zero attached hydrogens (tertiary/aromatic N) is 2. The van der Waals surface area contributed by atoms with Crippen LogP contribution in [0.1, 0.15) is 21.9 Å². The lowest BCUT2D eigenvalue weighted by Crippen LogP contribution is -2.04. The number of rotatable bonds is 4. The molecule has 0 radical (unpaired) electrons. The number of halogens is 8. The molecule has 2 aliphatic rings. The van der Waals surface area contributed by atoms with Crippen molar-refractivity contribution in [3.05, 3.63) is 161 Å². The number of hydrogen-bond donors (Lipinski definition) is 2. The van der Waals surface area contributed by atoms with Crippen molar-refractivity contribution in [2.45, 2.75) is 0 Å². The molecule has 6 nitrogen and oxygen atoms in total. The number of H-pyrrole nitrogens is 2. The Bertz CT molecular complexity index is 3000. The monoisotopic (exact) mass is 776 g/mol. The zero-order chi connectivity index (χ0) is 39.7. The van der Waals surface area contributed by atoms with Crippen LogP contribution in [-0.2, 0) is 0 Å². The Kier molecular flexibility index (Phi) is 8.34. The third-order valence-corrected chi connectivity index (χ3v) is 9.25. The number of carbonyl (C=O) groups excluding carboxylic acids is 1. The van der Waals surface area contributed by atoms with Crippen LogP contribution in [0.4, 0.5) is 35.1 Å². The number of fused-ring (bicyclic) bond motifs is 8. The SMILES string of the molecule is O=C1Oc2nc1c(-c1cc(F)cc(F)c1)c1ccc([nH]1)c(-c1cc(F)cc(F)c1)c1nc(c(-c3cc(F)cc(F)c3)c3ccc([nH]3)c2-c2cc(F)cc(F)c2)C=C1. The zero-order valence-electron chi connectivity index (χ0n) is 28.6. The number of carbonyl (C=O) groups is 1. The van der Waals surface area contributed by atoms with E-state index in [1.54, 1.807) is 0 Å². The van der Waals surface area contributed by atoms with Gasteiger partial charge in [0.1, 0.15) is 46.5 Å². The number of aromatic nitrogens is 4. The highest BCUT2D eigenvalue weighted by atomic mass is 19.2. The molecule has 2 N–H and O–H groups in total. The van der Waals surface area contributed by atoms with Gasteiger partial charge in [-0.3, -0.25) is 0 Å². The molecular formula is C43H20F8N4O2. The molecule has 0 spiro atoms. The van der Waals surface area contributed by atoms with Gasteiger partial charge in [-0.15, -0.1) is 0 Å². The summed E-state index contributed by atoms with van der Waals surface area (Å²) in [6, 6.07) is 16.4. The first kappa shape index (κ1) is 35.4. The lowest BCUT2D eigenvalue weighted by atomic mass is 10.0. The molecule has 5 heterocycles. The highest BCUT2D eigenvalue weighted by Gasteiger charge is 2.29. The van der Waals surface area contributed by atoms with Crippen molar-refractivity contribution < 1.29 is 44.7 Å². The molecule has 0 atom stereocenters. The molecule has 280 valence electrons. The average molecular weight is 777 g/mol. The summed E-state index contributed by atoms with van der Waals surface area (Å²) in [5, 5.41) is 0. The number of hydrogen-bond acceptors (Lipinski definition) is 4. The van der Waals surface area contributed by atoms with Gasteiger partial charge in [0.15, 0.2) is 5.69 Å². The fourth-order valence-corrected chi connectivity index (χ4v) is 7.07. The Morgan fingerprint density at radius 3 is 1.11 bits per heavy atom. The molecule has 0 saturated heterocycles. The second-order valence-electron chi connectivity index (χ2n) is 13.1. The summed E-state index contributed by atoms with van der Waals surface area (Å²) in [5.74, 6) is -9.29. The maximum atomic E-state index is 14.8. The summed E-state index contributed by atoms with van der Waals surface area (Å²) in [4.78, 5) is 29.2. The molecule has 57 heavy (non-hydrogen) atoms. The van der Waals surface area contributed by atoms with Gasteiger partial charge >= 0.3 is 5.97 Å². The number of nitrogens with one attached hydrogen (secondary N) is 2. The molecular weight excluding hydrogens is 756 g/mol. The first-order valence-electron chi connectivity index (χ1n) is 16.9. The minimum atomic E-state index is -1.12. The Balaban J connectivity index is 1.52. The van der Waals surface area contributed by atoms with Crippen molar-refractivity contribution in [1.29, 1.82) is 0 Å². The molecule has 4 aromatic carbocycles. The predicted molar refractivity (Wildman–Crippen MR) is 196 cm³/mol. The first-order valence-corrected chi connectivity index (χ1v) is 16.9. The van der Waals surface area contributed by atoms with Crippen molar-refractivity contribution in [2.24, 2.45) is 0 Å². The van der Waals surface area contributed by atoms with Gasteiger partial charge in [-0.2, -0.15) is 0 Å². The summed E-state index contributed by atoms with van der Waals surface area (Å²) in [5.41, 5.74) is -0.224. The Morgan fingerprint density at radius 1 is 0.404 bits per heavy atom. The Hall–Kier alpha value is -7.35. The van der Waals surface area contributed by atoms with E-state index in [1.807, 2.05) is 0 Å². The molecule has 0 unspecified atom stereocenters. The molecule has 2 aliphatic heterocycles. The zero-order valence-corrected chi connectivity index (χ0v) is 28.6. The van der Waals surface area contributed by atoms with E-state index in [0.29, 0.717) is 24.3 Å². The van der Waals surface area contributed by atoms with Crippen molar-refractivity contribution in [2.75, 3.05) is 0 Å². The normalized spacial score (nSPS) is 12.3. The molecule has 0 fully saturated rings. The fourth-order valence-electron chi connectivity index (χ4n) is 7.07. The molecule has 9 rings (SSSR count). The summed E-state index contributed by atoms with van der Waals surface area (Å²) in [6.07, 6.45) is 3.01. The van der Waals surface area contributed by atoms with Gasteiger partial charge in [0.2, 0.25) is 5.88 Å². The van der Waals surface area contributed by atoms with Crippen LogP contribution >= 0.6 is 0 Å². The highest BCUT2D eigenvalue weighted by Crippen LogP contribution is 2.41. The Morgan fingerprint density at radius 2 is 0.719 bits per heavy atom. The van der Waals surface area contributed by atoms with Crippen LogP contribution in [0.3, 0.4) is 0 Å². The van der Waals surface area contributed by atoms with Crippen LogP contribution in [0.15, 0.2) is 97.1 Å². The number of benzene rings is 4. The highest BCUT2D eigenvalue weighted by molar-refractivity contribution is 6.05. The lowest BCUT2D eigenvalue weighted by Gasteiger charge is -2.07. The van der Waals surface area contributed by atoms with Crippen molar-refractivity contribution >= 4 is 40.2 Å². The number of aromatic amines is 2. The maximum Gasteiger partial charge on any atom is 0.364 e. The molecule has 0 saturated carbocycles. The summed E-state index contributed by atoms with van der Waals surface area (Å²) in [7, 11) is 0. The summed E-state index contributed by atoms with van der Waals surface area (Å²) in [6.45, 7) is 0. The third kappa shape index (κ3) is 6.50. The van der Waals surface area contributed by atoms with Crippen molar-refractivity contribution in [1.82, 2.24) is 19.9 Å². The smallest absolute Gasteiger partial charge is 0.364 e. The van der Waals surface area contributed by atoms with E-state index < -0.39 is 64.1 Å². The standard InChI is InChI=1S/C43H20F8N4O2/c44-23-7-19(8-24(45)15-23)37-31-1-2-32(52-31)38(20-9-25(46)16-26(47)10-20)34-4-6-36(54-34)40(22-13-29(50)18-30(51)14-22)42-55-41(43(56)57-42)39(35-5-3-33(37)53-35)21-11-27(48)17-28(49)12-21/h1-18,53-54H. The first-order chi connectivity index (χ1) is 27.4. The van der Waals surface area contributed by atoms with Crippen molar-refractivity contribution in [3.63, 3.8) is 0 Å². The van der Waals surface area contributed by atoms with Gasteiger partial charge in [-0.1, -0.05) is 0 Å². The fraction of sp³-hybridized carbons (Fsp3) is 0. The maximum absolute atomic E-state index is 14.8. The average Bonchev–Trinajstić information content (AvgIpc) is 3.94. The van der Waals surface area contributed by atoms with E-state index in [1.165, 1.54) is 36.4 Å².